The van der Waals surface area contributed by atoms with Crippen LogP contribution >= 0.6 is 15.9 Å². The van der Waals surface area contributed by atoms with E-state index < -0.39 is 58.7 Å². The fraction of sp³-hybridized carbons (Fsp3) is 0.318. The van der Waals surface area contributed by atoms with Crippen LogP contribution in [0.2, 0.25) is 0 Å². The number of nitrogens with one attached hydrogen (secondary N) is 2. The van der Waals surface area contributed by atoms with Gasteiger partial charge in [-0.2, -0.15) is 22.0 Å². The molecule has 3 rings (SSSR count). The Morgan fingerprint density at radius 2 is 1.86 bits per heavy atom. The van der Waals surface area contributed by atoms with Crippen molar-refractivity contribution in [2.45, 2.75) is 24.7 Å². The largest absolute Gasteiger partial charge is 0.433 e. The van der Waals surface area contributed by atoms with Gasteiger partial charge >= 0.3 is 12.8 Å². The number of ether oxygens (including phenoxy) is 1. The van der Waals surface area contributed by atoms with E-state index in [1.807, 2.05) is 5.32 Å². The summed E-state index contributed by atoms with van der Waals surface area (Å²) < 4.78 is 96.2. The Hall–Kier alpha value is -3.07. The first-order valence-corrected chi connectivity index (χ1v) is 13.2. The highest BCUT2D eigenvalue weighted by Gasteiger charge is 2.59. The third-order valence-electron chi connectivity index (χ3n) is 5.35. The summed E-state index contributed by atoms with van der Waals surface area (Å²) in [6.45, 7) is -3.77. The maximum absolute atomic E-state index is 14.6. The molecule has 0 spiro atoms. The number of rotatable bonds is 8. The molecular formula is C22H19BrF5N3O5S. The Balaban J connectivity index is 2.11. The zero-order valence-electron chi connectivity index (χ0n) is 18.9. The molecule has 2 heterocycles. The molecule has 0 saturated heterocycles. The Labute approximate surface area is 216 Å². The summed E-state index contributed by atoms with van der Waals surface area (Å²) in [5, 5.41) is 4.22. The minimum Gasteiger partial charge on any atom is -0.433 e. The third kappa shape index (κ3) is 6.83. The molecule has 2 aromatic rings. The molecule has 0 bridgehead atoms. The number of halogens is 6. The van der Waals surface area contributed by atoms with Gasteiger partial charge in [0.2, 0.25) is 11.8 Å². The molecule has 2 amide bonds. The number of amides is 2. The molecule has 200 valence electrons. The summed E-state index contributed by atoms with van der Waals surface area (Å²) in [6, 6.07) is 7.25. The van der Waals surface area contributed by atoms with Crippen LogP contribution in [0.25, 0.3) is 5.57 Å². The van der Waals surface area contributed by atoms with Crippen LogP contribution in [0.4, 0.5) is 22.0 Å². The number of hydrogen-bond donors (Lipinski definition) is 2. The average molecular weight is 612 g/mol. The number of pyridine rings is 1. The molecular weight excluding hydrogens is 593 g/mol. The molecule has 0 aliphatic carbocycles. The number of aromatic nitrogens is 1. The zero-order chi connectivity index (χ0) is 27.6. The van der Waals surface area contributed by atoms with E-state index in [1.54, 1.807) is 0 Å². The number of alkyl halides is 5. The predicted octanol–water partition coefficient (Wildman–Crippen LogP) is 3.34. The van der Waals surface area contributed by atoms with Crippen molar-refractivity contribution < 1.29 is 44.7 Å². The summed E-state index contributed by atoms with van der Waals surface area (Å²) in [6.07, 6.45) is -4.18. The predicted molar refractivity (Wildman–Crippen MR) is 125 cm³/mol. The Kier molecular flexibility index (Phi) is 8.27. The zero-order valence-corrected chi connectivity index (χ0v) is 21.3. The van der Waals surface area contributed by atoms with Gasteiger partial charge in [0, 0.05) is 29.3 Å². The number of benzene rings is 1. The van der Waals surface area contributed by atoms with Crippen LogP contribution < -0.4 is 15.4 Å². The van der Waals surface area contributed by atoms with E-state index in [0.717, 1.165) is 24.6 Å². The second-order valence-corrected chi connectivity index (χ2v) is 11.2. The van der Waals surface area contributed by atoms with Gasteiger partial charge in [-0.1, -0.05) is 28.1 Å². The van der Waals surface area contributed by atoms with Crippen molar-refractivity contribution in [3.8, 4) is 5.75 Å². The van der Waals surface area contributed by atoms with Crippen molar-refractivity contribution in [1.29, 1.82) is 0 Å². The maximum atomic E-state index is 14.6. The molecule has 1 aliphatic heterocycles. The lowest BCUT2D eigenvalue weighted by atomic mass is 9.77. The van der Waals surface area contributed by atoms with E-state index in [9.17, 15) is 40.0 Å². The van der Waals surface area contributed by atoms with Crippen molar-refractivity contribution in [2.24, 2.45) is 0 Å². The highest BCUT2D eigenvalue weighted by atomic mass is 79.9. The lowest BCUT2D eigenvalue weighted by molar-refractivity contribution is -0.201. The normalized spacial score (nSPS) is 18.5. The first kappa shape index (κ1) is 28.5. The average Bonchev–Trinajstić information content (AvgIpc) is 2.76. The highest BCUT2D eigenvalue weighted by molar-refractivity contribution is 9.10. The summed E-state index contributed by atoms with van der Waals surface area (Å²) >= 11 is 3.15. The van der Waals surface area contributed by atoms with Gasteiger partial charge in [0.25, 0.3) is 0 Å². The lowest BCUT2D eigenvalue weighted by Crippen LogP contribution is -2.59. The summed E-state index contributed by atoms with van der Waals surface area (Å²) in [7, 11) is -3.72. The number of sulfone groups is 1. The van der Waals surface area contributed by atoms with Crippen LogP contribution in [0.1, 0.15) is 17.7 Å². The molecule has 0 unspecified atom stereocenters. The van der Waals surface area contributed by atoms with Crippen LogP contribution in [0, 0.1) is 0 Å². The van der Waals surface area contributed by atoms with E-state index in [-0.39, 0.29) is 28.2 Å². The fourth-order valence-electron chi connectivity index (χ4n) is 3.71. The van der Waals surface area contributed by atoms with Crippen LogP contribution in [-0.2, 0) is 25.0 Å². The number of carbonyl (C=O) groups is 2. The van der Waals surface area contributed by atoms with Gasteiger partial charge in [0.05, 0.1) is 11.9 Å². The topological polar surface area (TPSA) is 114 Å². The van der Waals surface area contributed by atoms with Gasteiger partial charge in [-0.25, -0.2) is 8.42 Å². The van der Waals surface area contributed by atoms with Gasteiger partial charge < -0.3 is 15.4 Å². The molecule has 1 atom stereocenters. The van der Waals surface area contributed by atoms with Crippen molar-refractivity contribution in [1.82, 2.24) is 15.6 Å². The molecule has 0 radical (unpaired) electrons. The number of nitrogens with zero attached hydrogens (tertiary/aromatic N) is 1. The quantitative estimate of drug-likeness (QED) is 0.443. The molecule has 1 aliphatic rings. The Morgan fingerprint density at radius 3 is 2.38 bits per heavy atom. The fourth-order valence-corrected chi connectivity index (χ4v) is 4.55. The van der Waals surface area contributed by atoms with E-state index >= 15 is 0 Å². The van der Waals surface area contributed by atoms with Crippen LogP contribution in [0.15, 0.2) is 52.6 Å². The molecule has 2 N–H and O–H groups in total. The number of carbonyl (C=O) groups excluding carboxylic acids is 2. The minimum absolute atomic E-state index is 0.158. The summed E-state index contributed by atoms with van der Waals surface area (Å²) in [5.74, 6) is -3.43. The standard InChI is InChI=1S/C22H19BrF5N3O5S/c1-37(34,35)11-18(32)30-10-16-15(17-7-6-14(9-29-17)36-20(24)25)8-21(22(26,27)28,31-19(16)33)12-2-4-13(23)5-3-12/h2-7,9,20H,8,10-11H2,1H3,(H,30,32)(H,31,33)/t21-/m0/s1. The monoisotopic (exact) mass is 611 g/mol. The SMILES string of the molecule is CS(=O)(=O)CC(=O)NCC1=C(c2ccc(OC(F)F)cn2)C[C@](c2ccc(Br)cc2)(C(F)(F)F)NC1=O. The molecule has 0 saturated carbocycles. The molecule has 1 aromatic carbocycles. The van der Waals surface area contributed by atoms with Crippen molar-refractivity contribution in [3.05, 3.63) is 63.9 Å². The summed E-state index contributed by atoms with van der Waals surface area (Å²) in [4.78, 5) is 29.0. The molecule has 1 aromatic heterocycles. The van der Waals surface area contributed by atoms with Gasteiger partial charge in [-0.3, -0.25) is 14.6 Å². The first-order chi connectivity index (χ1) is 17.1. The lowest BCUT2D eigenvalue weighted by Gasteiger charge is -2.41. The van der Waals surface area contributed by atoms with Gasteiger partial charge in [-0.05, 0) is 35.4 Å². The van der Waals surface area contributed by atoms with Gasteiger partial charge in [0.15, 0.2) is 15.4 Å². The van der Waals surface area contributed by atoms with Crippen LogP contribution in [0.3, 0.4) is 0 Å². The molecule has 8 nitrogen and oxygen atoms in total. The van der Waals surface area contributed by atoms with Crippen LogP contribution in [0.5, 0.6) is 5.75 Å². The Bertz CT molecular complexity index is 1320. The highest BCUT2D eigenvalue weighted by Crippen LogP contribution is 2.48. The Morgan fingerprint density at radius 1 is 1.22 bits per heavy atom. The first-order valence-electron chi connectivity index (χ1n) is 10.3. The van der Waals surface area contributed by atoms with Crippen molar-refractivity contribution in [3.63, 3.8) is 0 Å². The molecule has 0 fully saturated rings. The van der Waals surface area contributed by atoms with E-state index in [1.165, 1.54) is 24.3 Å². The van der Waals surface area contributed by atoms with Crippen molar-refractivity contribution in [2.75, 3.05) is 18.6 Å². The smallest absolute Gasteiger partial charge is 0.416 e. The second kappa shape index (κ2) is 10.7. The van der Waals surface area contributed by atoms with Crippen molar-refractivity contribution >= 4 is 43.2 Å². The maximum Gasteiger partial charge on any atom is 0.416 e. The van der Waals surface area contributed by atoms with Gasteiger partial charge in [0.1, 0.15) is 11.5 Å². The second-order valence-electron chi connectivity index (χ2n) is 8.10. The van der Waals surface area contributed by atoms with E-state index in [4.69, 9.17) is 0 Å². The third-order valence-corrected chi connectivity index (χ3v) is 6.67. The minimum atomic E-state index is -4.99. The molecule has 15 heteroatoms. The van der Waals surface area contributed by atoms with E-state index in [2.05, 4.69) is 31.0 Å². The van der Waals surface area contributed by atoms with Gasteiger partial charge in [-0.15, -0.1) is 0 Å². The molecule has 37 heavy (non-hydrogen) atoms. The van der Waals surface area contributed by atoms with Crippen LogP contribution in [-0.4, -0.2) is 56.6 Å². The number of hydrogen-bond acceptors (Lipinski definition) is 6. The van der Waals surface area contributed by atoms with E-state index in [0.29, 0.717) is 4.47 Å². The summed E-state index contributed by atoms with van der Waals surface area (Å²) in [5.41, 5.74) is -3.87.